The quantitative estimate of drug-likeness (QED) is 0.349. The van der Waals surface area contributed by atoms with Crippen molar-refractivity contribution in [3.63, 3.8) is 0 Å². The van der Waals surface area contributed by atoms with Crippen LogP contribution >= 0.6 is 11.8 Å². The summed E-state index contributed by atoms with van der Waals surface area (Å²) < 4.78 is -0.224. The zero-order valence-corrected chi connectivity index (χ0v) is 13.7. The van der Waals surface area contributed by atoms with Gasteiger partial charge in [-0.1, -0.05) is 12.1 Å². The van der Waals surface area contributed by atoms with Gasteiger partial charge in [-0.05, 0) is 31.9 Å². The van der Waals surface area contributed by atoms with Crippen molar-refractivity contribution in [1.29, 1.82) is 0 Å². The Balaban J connectivity index is 1.92. The Hall–Kier alpha value is -0.950. The second-order valence-electron chi connectivity index (χ2n) is 5.96. The molecule has 7 heteroatoms. The number of carbonyl (C=O) groups excluding carboxylic acids is 1. The van der Waals surface area contributed by atoms with E-state index in [1.807, 2.05) is 11.8 Å². The Kier molecular flexibility index (Phi) is 5.37. The number of oxime groups is 1. The summed E-state index contributed by atoms with van der Waals surface area (Å²) in [4.78, 5) is 16.8. The smallest absolute Gasteiger partial charge is 0.238 e. The largest absolute Gasteiger partial charge is 0.409 e. The van der Waals surface area contributed by atoms with Crippen LogP contribution in [0.2, 0.25) is 0 Å². The van der Waals surface area contributed by atoms with Crippen molar-refractivity contribution < 1.29 is 10.0 Å². The normalized spacial score (nSPS) is 29.6. The molecule has 2 aliphatic heterocycles. The van der Waals surface area contributed by atoms with Crippen molar-refractivity contribution in [3.8, 4) is 0 Å². The highest BCUT2D eigenvalue weighted by Gasteiger charge is 2.41. The lowest BCUT2D eigenvalue weighted by molar-refractivity contribution is -0.135. The standard InChI is InChI=1S/C14H26N4O2S/c1-3-11(12(15)16-20)17-6-8-18(9-7-17)13(19)14(2)5-4-10-21-14/h11,20H,3-10H2,1-2H3,(H2,15,16). The Bertz CT molecular complexity index is 402. The van der Waals surface area contributed by atoms with Crippen LogP contribution in [0.5, 0.6) is 0 Å². The Morgan fingerprint density at radius 1 is 1.43 bits per heavy atom. The number of nitrogens with zero attached hydrogens (tertiary/aromatic N) is 3. The van der Waals surface area contributed by atoms with E-state index in [4.69, 9.17) is 10.9 Å². The SMILES string of the molecule is CCC(C(N)=NO)N1CCN(C(=O)C2(C)CCCS2)CC1. The van der Waals surface area contributed by atoms with Gasteiger partial charge in [-0.25, -0.2) is 0 Å². The zero-order valence-electron chi connectivity index (χ0n) is 12.9. The lowest BCUT2D eigenvalue weighted by Gasteiger charge is -2.40. The van der Waals surface area contributed by atoms with Gasteiger partial charge in [0, 0.05) is 26.2 Å². The van der Waals surface area contributed by atoms with E-state index in [1.54, 1.807) is 11.8 Å². The first-order valence-electron chi connectivity index (χ1n) is 7.66. The summed E-state index contributed by atoms with van der Waals surface area (Å²) in [5.41, 5.74) is 5.75. The average molecular weight is 314 g/mol. The third-order valence-corrected chi connectivity index (χ3v) is 6.07. The summed E-state index contributed by atoms with van der Waals surface area (Å²) in [6.45, 7) is 7.11. The van der Waals surface area contributed by atoms with Gasteiger partial charge in [0.25, 0.3) is 0 Å². The second-order valence-corrected chi connectivity index (χ2v) is 7.56. The molecule has 0 aromatic rings. The lowest BCUT2D eigenvalue weighted by atomic mass is 10.0. The molecule has 2 atom stereocenters. The van der Waals surface area contributed by atoms with E-state index < -0.39 is 0 Å². The molecule has 0 bridgehead atoms. The van der Waals surface area contributed by atoms with Crippen LogP contribution in [0.3, 0.4) is 0 Å². The molecule has 6 nitrogen and oxygen atoms in total. The van der Waals surface area contributed by atoms with Crippen molar-refractivity contribution in [2.75, 3.05) is 31.9 Å². The van der Waals surface area contributed by atoms with E-state index >= 15 is 0 Å². The maximum atomic E-state index is 12.7. The number of rotatable bonds is 4. The fourth-order valence-electron chi connectivity index (χ4n) is 3.24. The van der Waals surface area contributed by atoms with Gasteiger partial charge in [0.1, 0.15) is 0 Å². The predicted molar refractivity (Wildman–Crippen MR) is 85.7 cm³/mol. The number of piperazine rings is 1. The van der Waals surface area contributed by atoms with Crippen LogP contribution in [-0.2, 0) is 4.79 Å². The van der Waals surface area contributed by atoms with Crippen LogP contribution in [0, 0.1) is 0 Å². The van der Waals surface area contributed by atoms with Crippen molar-refractivity contribution in [2.45, 2.75) is 43.9 Å². The van der Waals surface area contributed by atoms with E-state index in [-0.39, 0.29) is 22.5 Å². The van der Waals surface area contributed by atoms with Gasteiger partial charge in [-0.3, -0.25) is 9.69 Å². The monoisotopic (exact) mass is 314 g/mol. The fourth-order valence-corrected chi connectivity index (χ4v) is 4.52. The van der Waals surface area contributed by atoms with Crippen LogP contribution in [-0.4, -0.2) is 69.5 Å². The summed E-state index contributed by atoms with van der Waals surface area (Å²) in [5.74, 6) is 1.63. The molecule has 2 rings (SSSR count). The average Bonchev–Trinajstić information content (AvgIpc) is 2.96. The molecular weight excluding hydrogens is 288 g/mol. The van der Waals surface area contributed by atoms with Crippen molar-refractivity contribution in [3.05, 3.63) is 0 Å². The zero-order chi connectivity index (χ0) is 15.5. The number of amidine groups is 1. The van der Waals surface area contributed by atoms with Crippen LogP contribution in [0.4, 0.5) is 0 Å². The second kappa shape index (κ2) is 6.87. The molecule has 0 aromatic carbocycles. The van der Waals surface area contributed by atoms with E-state index in [2.05, 4.69) is 17.0 Å². The van der Waals surface area contributed by atoms with E-state index in [9.17, 15) is 4.79 Å². The highest BCUT2D eigenvalue weighted by atomic mass is 32.2. The summed E-state index contributed by atoms with van der Waals surface area (Å²) in [5, 5.41) is 12.0. The number of thioether (sulfide) groups is 1. The van der Waals surface area contributed by atoms with Crippen LogP contribution in [0.15, 0.2) is 5.16 Å². The van der Waals surface area contributed by atoms with E-state index in [1.165, 1.54) is 0 Å². The minimum atomic E-state index is -0.224. The number of amides is 1. The Morgan fingerprint density at radius 3 is 2.57 bits per heavy atom. The summed E-state index contributed by atoms with van der Waals surface area (Å²) in [6.07, 6.45) is 2.92. The van der Waals surface area contributed by atoms with Gasteiger partial charge in [0.05, 0.1) is 10.8 Å². The molecule has 0 aromatic heterocycles. The van der Waals surface area contributed by atoms with Gasteiger partial charge in [0.15, 0.2) is 5.84 Å². The van der Waals surface area contributed by atoms with Crippen LogP contribution in [0.1, 0.15) is 33.1 Å². The molecule has 2 heterocycles. The Morgan fingerprint density at radius 2 is 2.10 bits per heavy atom. The molecule has 2 aliphatic rings. The third kappa shape index (κ3) is 3.45. The van der Waals surface area contributed by atoms with Gasteiger partial charge < -0.3 is 15.8 Å². The fraction of sp³-hybridized carbons (Fsp3) is 0.857. The van der Waals surface area contributed by atoms with Crippen LogP contribution < -0.4 is 5.73 Å². The molecular formula is C14H26N4O2S. The highest BCUT2D eigenvalue weighted by Crippen LogP contribution is 2.39. The van der Waals surface area contributed by atoms with E-state index in [0.29, 0.717) is 0 Å². The van der Waals surface area contributed by atoms with Crippen LogP contribution in [0.25, 0.3) is 0 Å². The summed E-state index contributed by atoms with van der Waals surface area (Å²) in [7, 11) is 0. The predicted octanol–water partition coefficient (Wildman–Crippen LogP) is 0.941. The summed E-state index contributed by atoms with van der Waals surface area (Å²) in [6, 6.07) is -0.0382. The molecule has 0 saturated carbocycles. The minimum Gasteiger partial charge on any atom is -0.409 e. The maximum absolute atomic E-state index is 12.7. The number of nitrogens with two attached hydrogens (primary N) is 1. The van der Waals surface area contributed by atoms with Gasteiger partial charge in [-0.2, -0.15) is 0 Å². The molecule has 0 aliphatic carbocycles. The molecule has 21 heavy (non-hydrogen) atoms. The van der Waals surface area contributed by atoms with Gasteiger partial charge in [-0.15, -0.1) is 11.8 Å². The first-order chi connectivity index (χ1) is 10.0. The first kappa shape index (κ1) is 16.4. The third-order valence-electron chi connectivity index (χ3n) is 4.56. The lowest BCUT2D eigenvalue weighted by Crippen LogP contribution is -2.57. The van der Waals surface area contributed by atoms with Crippen molar-refractivity contribution in [2.24, 2.45) is 10.9 Å². The van der Waals surface area contributed by atoms with Crippen molar-refractivity contribution in [1.82, 2.24) is 9.80 Å². The van der Waals surface area contributed by atoms with Crippen molar-refractivity contribution >= 4 is 23.5 Å². The molecule has 2 unspecified atom stereocenters. The van der Waals surface area contributed by atoms with Gasteiger partial charge in [0.2, 0.25) is 5.91 Å². The topological polar surface area (TPSA) is 82.2 Å². The molecule has 0 radical (unpaired) electrons. The van der Waals surface area contributed by atoms with E-state index in [0.717, 1.165) is 51.2 Å². The highest BCUT2D eigenvalue weighted by molar-refractivity contribution is 8.01. The molecule has 0 spiro atoms. The molecule has 2 fully saturated rings. The molecule has 120 valence electrons. The Labute approximate surface area is 130 Å². The minimum absolute atomic E-state index is 0.0382. The number of hydrogen-bond acceptors (Lipinski definition) is 5. The molecule has 2 saturated heterocycles. The number of hydrogen-bond donors (Lipinski definition) is 2. The summed E-state index contributed by atoms with van der Waals surface area (Å²) >= 11 is 1.79. The molecule has 1 amide bonds. The van der Waals surface area contributed by atoms with Gasteiger partial charge >= 0.3 is 0 Å². The maximum Gasteiger partial charge on any atom is 0.238 e. The first-order valence-corrected chi connectivity index (χ1v) is 8.65. The molecule has 3 N–H and O–H groups in total. The number of carbonyl (C=O) groups is 1.